The van der Waals surface area contributed by atoms with Gasteiger partial charge in [0.05, 0.1) is 5.41 Å². The minimum absolute atomic E-state index is 0.0751. The minimum atomic E-state index is -0.0751. The number of hydrogen-bond acceptors (Lipinski definition) is 4. The molecule has 1 amide bonds. The summed E-state index contributed by atoms with van der Waals surface area (Å²) in [5, 5.41) is 0. The lowest BCUT2D eigenvalue weighted by Gasteiger charge is -2.65. The third kappa shape index (κ3) is 2.54. The van der Waals surface area contributed by atoms with Crippen molar-refractivity contribution in [2.45, 2.75) is 52.4 Å². The van der Waals surface area contributed by atoms with Crippen LogP contribution in [0, 0.1) is 22.2 Å². The number of nitrogens with zero attached hydrogens (tertiary/aromatic N) is 4. The smallest absolute Gasteiger partial charge is 0.228 e. The van der Waals surface area contributed by atoms with Gasteiger partial charge in [-0.25, -0.2) is 9.97 Å². The van der Waals surface area contributed by atoms with E-state index in [2.05, 4.69) is 33.6 Å². The van der Waals surface area contributed by atoms with Crippen LogP contribution in [-0.4, -0.2) is 47.0 Å². The van der Waals surface area contributed by atoms with Crippen molar-refractivity contribution < 1.29 is 4.79 Å². The number of amides is 1. The van der Waals surface area contributed by atoms with Crippen LogP contribution in [0.15, 0.2) is 18.5 Å². The lowest BCUT2D eigenvalue weighted by Crippen LogP contribution is -2.62. The Morgan fingerprint density at radius 1 is 0.962 bits per heavy atom. The standard InChI is InChI=1S/C21H30N4O/c1-19-10-16-11-20(2,13-19)15-21(12-16,14-19)17(26)24-6-8-25(9-7-24)18-22-4-3-5-23-18/h3-5,16H,6-15H2,1-2H3/t16?,19-,20-,21?/m1/s1. The molecule has 1 saturated heterocycles. The first-order valence-electron chi connectivity index (χ1n) is 10.2. The average Bonchev–Trinajstić information content (AvgIpc) is 2.59. The molecule has 0 radical (unpaired) electrons. The summed E-state index contributed by atoms with van der Waals surface area (Å²) < 4.78 is 0. The predicted molar refractivity (Wildman–Crippen MR) is 101 cm³/mol. The highest BCUT2D eigenvalue weighted by Crippen LogP contribution is 2.69. The van der Waals surface area contributed by atoms with Crippen LogP contribution in [0.2, 0.25) is 0 Å². The van der Waals surface area contributed by atoms with E-state index in [-0.39, 0.29) is 5.41 Å². The van der Waals surface area contributed by atoms with E-state index in [1.54, 1.807) is 12.4 Å². The topological polar surface area (TPSA) is 49.3 Å². The molecule has 2 heterocycles. The molecule has 5 aliphatic rings. The van der Waals surface area contributed by atoms with E-state index >= 15 is 0 Å². The normalized spacial score (nSPS) is 41.5. The van der Waals surface area contributed by atoms with Crippen molar-refractivity contribution in [3.8, 4) is 0 Å². The zero-order chi connectivity index (χ0) is 18.0. The van der Waals surface area contributed by atoms with Crippen molar-refractivity contribution in [1.29, 1.82) is 0 Å². The van der Waals surface area contributed by atoms with Gasteiger partial charge in [0, 0.05) is 38.6 Å². The van der Waals surface area contributed by atoms with Crippen molar-refractivity contribution in [3.05, 3.63) is 18.5 Å². The number of carbonyl (C=O) groups excluding carboxylic acids is 1. The van der Waals surface area contributed by atoms with Crippen molar-refractivity contribution in [2.75, 3.05) is 31.1 Å². The van der Waals surface area contributed by atoms with Gasteiger partial charge in [-0.1, -0.05) is 13.8 Å². The predicted octanol–water partition coefficient (Wildman–Crippen LogP) is 3.12. The van der Waals surface area contributed by atoms with Gasteiger partial charge in [-0.3, -0.25) is 4.79 Å². The monoisotopic (exact) mass is 354 g/mol. The molecular weight excluding hydrogens is 324 g/mol. The number of aromatic nitrogens is 2. The third-order valence-corrected chi connectivity index (χ3v) is 7.48. The van der Waals surface area contributed by atoms with Crippen molar-refractivity contribution in [2.24, 2.45) is 22.2 Å². The number of piperazine rings is 1. The van der Waals surface area contributed by atoms with Crippen molar-refractivity contribution in [1.82, 2.24) is 14.9 Å². The van der Waals surface area contributed by atoms with Crippen molar-refractivity contribution >= 4 is 11.9 Å². The van der Waals surface area contributed by atoms with Crippen LogP contribution in [0.3, 0.4) is 0 Å². The number of hydrogen-bond donors (Lipinski definition) is 0. The van der Waals surface area contributed by atoms with Gasteiger partial charge in [0.2, 0.25) is 11.9 Å². The zero-order valence-corrected chi connectivity index (χ0v) is 16.1. The van der Waals surface area contributed by atoms with Crippen LogP contribution in [0.4, 0.5) is 5.95 Å². The second kappa shape index (κ2) is 5.43. The van der Waals surface area contributed by atoms with Gasteiger partial charge in [-0.15, -0.1) is 0 Å². The molecule has 5 nitrogen and oxygen atoms in total. The molecule has 26 heavy (non-hydrogen) atoms. The SMILES string of the molecule is C[C@]12CC3CC(C(=O)N4CCN(c5ncccn5)CC4)(C1)C[C@](C)(C3)C2. The zero-order valence-electron chi connectivity index (χ0n) is 16.1. The van der Waals surface area contributed by atoms with Gasteiger partial charge in [0.25, 0.3) is 0 Å². The van der Waals surface area contributed by atoms with Crippen LogP contribution in [0.5, 0.6) is 0 Å². The molecule has 2 atom stereocenters. The molecule has 4 saturated carbocycles. The molecule has 5 heteroatoms. The maximum atomic E-state index is 13.7. The lowest BCUT2D eigenvalue weighted by molar-refractivity contribution is -0.179. The third-order valence-electron chi connectivity index (χ3n) is 7.48. The van der Waals surface area contributed by atoms with E-state index < -0.39 is 0 Å². The Kier molecular flexibility index (Phi) is 3.45. The quantitative estimate of drug-likeness (QED) is 0.819. The Morgan fingerprint density at radius 3 is 2.15 bits per heavy atom. The number of anilines is 1. The van der Waals surface area contributed by atoms with E-state index in [1.807, 2.05) is 6.07 Å². The second-order valence-electron chi connectivity index (χ2n) is 10.2. The summed E-state index contributed by atoms with van der Waals surface area (Å²) in [6, 6.07) is 1.84. The van der Waals surface area contributed by atoms with E-state index in [0.717, 1.165) is 57.3 Å². The van der Waals surface area contributed by atoms with Crippen molar-refractivity contribution in [3.63, 3.8) is 0 Å². The summed E-state index contributed by atoms with van der Waals surface area (Å²) in [6.45, 7) is 8.17. The summed E-state index contributed by atoms with van der Waals surface area (Å²) in [5.74, 6) is 2.01. The van der Waals surface area contributed by atoms with E-state index in [4.69, 9.17) is 0 Å². The van der Waals surface area contributed by atoms with Crippen LogP contribution >= 0.6 is 0 Å². The largest absolute Gasteiger partial charge is 0.339 e. The van der Waals surface area contributed by atoms with Crippen LogP contribution in [0.25, 0.3) is 0 Å². The Balaban J connectivity index is 1.32. The van der Waals surface area contributed by atoms with Crippen LogP contribution in [0.1, 0.15) is 52.4 Å². The lowest BCUT2D eigenvalue weighted by atomic mass is 9.40. The Labute approximate surface area is 156 Å². The molecule has 4 bridgehead atoms. The molecule has 1 aromatic rings. The Hall–Kier alpha value is -1.65. The molecule has 4 aliphatic carbocycles. The highest BCUT2D eigenvalue weighted by atomic mass is 16.2. The summed E-state index contributed by atoms with van der Waals surface area (Å²) in [6.07, 6.45) is 11.0. The molecule has 0 spiro atoms. The van der Waals surface area contributed by atoms with E-state index in [1.165, 1.54) is 19.3 Å². The second-order valence-corrected chi connectivity index (χ2v) is 10.2. The minimum Gasteiger partial charge on any atom is -0.339 e. The molecule has 0 N–H and O–H groups in total. The van der Waals surface area contributed by atoms with Gasteiger partial charge in [-0.2, -0.15) is 0 Å². The Morgan fingerprint density at radius 2 is 1.58 bits per heavy atom. The molecule has 1 aliphatic heterocycles. The van der Waals surface area contributed by atoms with Gasteiger partial charge >= 0.3 is 0 Å². The summed E-state index contributed by atoms with van der Waals surface area (Å²) in [4.78, 5) is 26.7. The first-order chi connectivity index (χ1) is 12.4. The molecule has 1 aromatic heterocycles. The molecule has 5 fully saturated rings. The van der Waals surface area contributed by atoms with Gasteiger partial charge in [0.15, 0.2) is 0 Å². The first-order valence-corrected chi connectivity index (χ1v) is 10.2. The highest BCUT2D eigenvalue weighted by Gasteiger charge is 2.63. The van der Waals surface area contributed by atoms with Crippen LogP contribution < -0.4 is 4.90 Å². The van der Waals surface area contributed by atoms with Crippen LogP contribution in [-0.2, 0) is 4.79 Å². The summed E-state index contributed by atoms with van der Waals surface area (Å²) >= 11 is 0. The summed E-state index contributed by atoms with van der Waals surface area (Å²) in [5.41, 5.74) is 0.710. The molecule has 140 valence electrons. The van der Waals surface area contributed by atoms with Gasteiger partial charge in [-0.05, 0) is 61.3 Å². The first kappa shape index (κ1) is 16.5. The molecule has 6 rings (SSSR count). The van der Waals surface area contributed by atoms with E-state index in [9.17, 15) is 4.79 Å². The molecule has 0 unspecified atom stereocenters. The number of rotatable bonds is 2. The fourth-order valence-corrected chi connectivity index (χ4v) is 7.59. The summed E-state index contributed by atoms with van der Waals surface area (Å²) in [7, 11) is 0. The maximum absolute atomic E-state index is 13.7. The maximum Gasteiger partial charge on any atom is 0.228 e. The Bertz CT molecular complexity index is 694. The highest BCUT2D eigenvalue weighted by molar-refractivity contribution is 5.84. The fourth-order valence-electron chi connectivity index (χ4n) is 7.59. The average molecular weight is 354 g/mol. The molecule has 0 aromatic carbocycles. The fraction of sp³-hybridized carbons (Fsp3) is 0.762. The molecular formula is C21H30N4O. The van der Waals surface area contributed by atoms with Gasteiger partial charge in [0.1, 0.15) is 0 Å². The van der Waals surface area contributed by atoms with E-state index in [0.29, 0.717) is 16.7 Å². The van der Waals surface area contributed by atoms with Gasteiger partial charge < -0.3 is 9.80 Å². The number of carbonyl (C=O) groups is 1.